The third-order valence-corrected chi connectivity index (χ3v) is 4.97. The Morgan fingerprint density at radius 1 is 0.844 bits per heavy atom. The van der Waals surface area contributed by atoms with Crippen molar-refractivity contribution in [3.05, 3.63) is 59.2 Å². The van der Waals surface area contributed by atoms with E-state index >= 15 is 0 Å². The molecule has 32 heavy (non-hydrogen) atoms. The van der Waals surface area contributed by atoms with E-state index in [-0.39, 0.29) is 37.6 Å². The summed E-state index contributed by atoms with van der Waals surface area (Å²) in [5, 5.41) is 5.55. The monoisotopic (exact) mass is 438 g/mol. The molecule has 2 rings (SSSR count). The van der Waals surface area contributed by atoms with Gasteiger partial charge in [0.1, 0.15) is 0 Å². The Kier molecular flexibility index (Phi) is 9.60. The van der Waals surface area contributed by atoms with Gasteiger partial charge in [0.15, 0.2) is 12.4 Å². The number of hydrogen-bond donors (Lipinski definition) is 2. The molecule has 0 atom stereocenters. The summed E-state index contributed by atoms with van der Waals surface area (Å²) in [6.07, 6.45) is 2.00. The summed E-state index contributed by atoms with van der Waals surface area (Å²) in [6.45, 7) is 5.11. The number of carbonyl (C=O) groups is 4. The number of amides is 2. The number of rotatable bonds is 11. The van der Waals surface area contributed by atoms with Crippen LogP contribution in [0.25, 0.3) is 0 Å². The van der Waals surface area contributed by atoms with Crippen molar-refractivity contribution in [2.45, 2.75) is 52.9 Å². The molecule has 0 aliphatic heterocycles. The maximum atomic E-state index is 12.2. The van der Waals surface area contributed by atoms with Crippen LogP contribution in [-0.4, -0.2) is 30.2 Å². The predicted octanol–water partition coefficient (Wildman–Crippen LogP) is 4.30. The lowest BCUT2D eigenvalue weighted by Crippen LogP contribution is -2.22. The van der Waals surface area contributed by atoms with Crippen molar-refractivity contribution in [2.24, 2.45) is 0 Å². The van der Waals surface area contributed by atoms with Crippen molar-refractivity contribution in [3.63, 3.8) is 0 Å². The number of anilines is 2. The number of hydrogen-bond acceptors (Lipinski definition) is 5. The van der Waals surface area contributed by atoms with Crippen LogP contribution in [0.1, 0.15) is 61.5 Å². The summed E-state index contributed by atoms with van der Waals surface area (Å²) >= 11 is 0. The standard InChI is InChI=1S/C25H30N2O5/c1-4-18-9-6-10-19(5-2)25(18)27-23(30)16-32-24(31)14-8-13-22(29)26-21-12-7-11-20(15-21)17(3)28/h6-7,9-12,15H,4-5,8,13-14,16H2,1-3H3,(H,26,29)(H,27,30). The van der Waals surface area contributed by atoms with Crippen molar-refractivity contribution in [3.8, 4) is 0 Å². The van der Waals surface area contributed by atoms with Gasteiger partial charge in [-0.3, -0.25) is 19.2 Å². The highest BCUT2D eigenvalue weighted by Crippen LogP contribution is 2.22. The largest absolute Gasteiger partial charge is 0.456 e. The molecule has 0 fully saturated rings. The van der Waals surface area contributed by atoms with Crippen LogP contribution in [0.15, 0.2) is 42.5 Å². The van der Waals surface area contributed by atoms with Crippen molar-refractivity contribution in [1.29, 1.82) is 0 Å². The topological polar surface area (TPSA) is 102 Å². The SMILES string of the molecule is CCc1cccc(CC)c1NC(=O)COC(=O)CCCC(=O)Nc1cccc(C(C)=O)c1. The van der Waals surface area contributed by atoms with Crippen LogP contribution in [0.5, 0.6) is 0 Å². The van der Waals surface area contributed by atoms with Gasteiger partial charge in [-0.15, -0.1) is 0 Å². The van der Waals surface area contributed by atoms with Crippen LogP contribution in [0.2, 0.25) is 0 Å². The molecule has 0 bridgehead atoms. The zero-order valence-corrected chi connectivity index (χ0v) is 18.8. The first-order valence-electron chi connectivity index (χ1n) is 10.8. The molecule has 170 valence electrons. The lowest BCUT2D eigenvalue weighted by Gasteiger charge is -2.14. The fourth-order valence-corrected chi connectivity index (χ4v) is 3.23. The average molecular weight is 439 g/mol. The Bertz CT molecular complexity index is 962. The van der Waals surface area contributed by atoms with E-state index in [2.05, 4.69) is 10.6 Å². The highest BCUT2D eigenvalue weighted by molar-refractivity contribution is 5.97. The highest BCUT2D eigenvalue weighted by atomic mass is 16.5. The number of para-hydroxylation sites is 1. The van der Waals surface area contributed by atoms with E-state index < -0.39 is 11.9 Å². The fourth-order valence-electron chi connectivity index (χ4n) is 3.23. The summed E-state index contributed by atoms with van der Waals surface area (Å²) in [7, 11) is 0. The van der Waals surface area contributed by atoms with E-state index in [1.807, 2.05) is 32.0 Å². The Hall–Kier alpha value is -3.48. The van der Waals surface area contributed by atoms with E-state index in [0.717, 1.165) is 29.7 Å². The molecule has 0 aromatic heterocycles. The molecule has 0 saturated carbocycles. The molecule has 0 saturated heterocycles. The molecule has 0 radical (unpaired) electrons. The molecule has 0 aliphatic carbocycles. The third kappa shape index (κ3) is 7.65. The summed E-state index contributed by atoms with van der Waals surface area (Å²) < 4.78 is 5.05. The lowest BCUT2D eigenvalue weighted by atomic mass is 10.0. The minimum absolute atomic E-state index is 0.0277. The molecule has 2 N–H and O–H groups in total. The van der Waals surface area contributed by atoms with Crippen molar-refractivity contribution < 1.29 is 23.9 Å². The van der Waals surface area contributed by atoms with E-state index in [4.69, 9.17) is 4.74 Å². The highest BCUT2D eigenvalue weighted by Gasteiger charge is 2.13. The van der Waals surface area contributed by atoms with Crippen LogP contribution >= 0.6 is 0 Å². The molecular formula is C25H30N2O5. The normalized spacial score (nSPS) is 10.3. The maximum Gasteiger partial charge on any atom is 0.306 e. The number of carbonyl (C=O) groups excluding carboxylic acids is 4. The number of nitrogens with one attached hydrogen (secondary N) is 2. The Labute approximate surface area is 188 Å². The van der Waals surface area contributed by atoms with Gasteiger partial charge in [0.05, 0.1) is 0 Å². The van der Waals surface area contributed by atoms with Crippen LogP contribution < -0.4 is 10.6 Å². The average Bonchev–Trinajstić information content (AvgIpc) is 2.78. The van der Waals surface area contributed by atoms with Crippen molar-refractivity contribution >= 4 is 34.9 Å². The van der Waals surface area contributed by atoms with Gasteiger partial charge in [0.2, 0.25) is 5.91 Å². The Morgan fingerprint density at radius 3 is 2.12 bits per heavy atom. The number of esters is 1. The zero-order chi connectivity index (χ0) is 23.5. The second-order valence-electron chi connectivity index (χ2n) is 7.41. The molecule has 0 heterocycles. The first-order chi connectivity index (χ1) is 15.3. The minimum Gasteiger partial charge on any atom is -0.456 e. The summed E-state index contributed by atoms with van der Waals surface area (Å²) in [6, 6.07) is 12.5. The Balaban J connectivity index is 1.73. The molecule has 0 unspecified atom stereocenters. The molecular weight excluding hydrogens is 408 g/mol. The third-order valence-electron chi connectivity index (χ3n) is 4.97. The number of ether oxygens (including phenoxy) is 1. The van der Waals surface area contributed by atoms with Crippen LogP contribution in [0, 0.1) is 0 Å². The van der Waals surface area contributed by atoms with Gasteiger partial charge in [0, 0.05) is 29.8 Å². The van der Waals surface area contributed by atoms with Crippen LogP contribution in [0.3, 0.4) is 0 Å². The smallest absolute Gasteiger partial charge is 0.306 e. The number of Topliss-reactive ketones (excluding diaryl/α,β-unsaturated/α-hetero) is 1. The van der Waals surface area contributed by atoms with E-state index in [1.165, 1.54) is 6.92 Å². The van der Waals surface area contributed by atoms with E-state index in [1.54, 1.807) is 24.3 Å². The lowest BCUT2D eigenvalue weighted by molar-refractivity contribution is -0.147. The van der Waals surface area contributed by atoms with Gasteiger partial charge < -0.3 is 15.4 Å². The summed E-state index contributed by atoms with van der Waals surface area (Å²) in [4.78, 5) is 47.6. The van der Waals surface area contributed by atoms with E-state index in [9.17, 15) is 19.2 Å². The molecule has 2 aromatic carbocycles. The van der Waals surface area contributed by atoms with Crippen molar-refractivity contribution in [2.75, 3.05) is 17.2 Å². The molecule has 7 nitrogen and oxygen atoms in total. The van der Waals surface area contributed by atoms with Gasteiger partial charge >= 0.3 is 5.97 Å². The molecule has 2 amide bonds. The Morgan fingerprint density at radius 2 is 1.50 bits per heavy atom. The fraction of sp³-hybridized carbons (Fsp3) is 0.360. The summed E-state index contributed by atoms with van der Waals surface area (Å²) in [5.41, 5.74) is 3.88. The molecule has 0 aliphatic rings. The second-order valence-corrected chi connectivity index (χ2v) is 7.41. The molecule has 0 spiro atoms. The van der Waals surface area contributed by atoms with E-state index in [0.29, 0.717) is 11.3 Å². The number of benzene rings is 2. The van der Waals surface area contributed by atoms with Gasteiger partial charge in [-0.05, 0) is 49.4 Å². The predicted molar refractivity (Wildman–Crippen MR) is 124 cm³/mol. The molecule has 2 aromatic rings. The summed E-state index contributed by atoms with van der Waals surface area (Å²) in [5.74, 6) is -1.28. The van der Waals surface area contributed by atoms with Gasteiger partial charge in [-0.1, -0.05) is 44.2 Å². The maximum absolute atomic E-state index is 12.2. The first-order valence-corrected chi connectivity index (χ1v) is 10.8. The van der Waals surface area contributed by atoms with Crippen molar-refractivity contribution in [1.82, 2.24) is 0 Å². The first kappa shape index (κ1) is 24.8. The quantitative estimate of drug-likeness (QED) is 0.402. The second kappa shape index (κ2) is 12.4. The number of aryl methyl sites for hydroxylation is 2. The zero-order valence-electron chi connectivity index (χ0n) is 18.8. The van der Waals surface area contributed by atoms with Gasteiger partial charge in [-0.25, -0.2) is 0 Å². The number of ketones is 1. The minimum atomic E-state index is -0.536. The van der Waals surface area contributed by atoms with Gasteiger partial charge in [-0.2, -0.15) is 0 Å². The van der Waals surface area contributed by atoms with Crippen LogP contribution in [0.4, 0.5) is 11.4 Å². The van der Waals surface area contributed by atoms with Crippen LogP contribution in [-0.2, 0) is 32.0 Å². The molecule has 7 heteroatoms. The van der Waals surface area contributed by atoms with Gasteiger partial charge in [0.25, 0.3) is 5.91 Å².